The Balaban J connectivity index is 0.00000324. The van der Waals surface area contributed by atoms with Gasteiger partial charge in [-0.3, -0.25) is 9.89 Å². The SMILES string of the molecule is CN=C(NCC1CCN(CCc2ccccc2)C1)NC1CCN(Cc2ccccc2)C(C)C1.I. The maximum Gasteiger partial charge on any atom is 0.191 e. The van der Waals surface area contributed by atoms with E-state index in [1.807, 2.05) is 7.05 Å². The third-order valence-corrected chi connectivity index (χ3v) is 7.29. The number of nitrogens with one attached hydrogen (secondary N) is 2. The first kappa shape index (κ1) is 27.0. The first-order valence-corrected chi connectivity index (χ1v) is 12.7. The summed E-state index contributed by atoms with van der Waals surface area (Å²) in [6.07, 6.45) is 4.73. The summed E-state index contributed by atoms with van der Waals surface area (Å²) in [5.41, 5.74) is 2.84. The van der Waals surface area contributed by atoms with E-state index in [2.05, 4.69) is 93.0 Å². The van der Waals surface area contributed by atoms with Gasteiger partial charge in [0.05, 0.1) is 0 Å². The van der Waals surface area contributed by atoms with Crippen LogP contribution in [0.5, 0.6) is 0 Å². The molecule has 6 heteroatoms. The van der Waals surface area contributed by atoms with Crippen molar-refractivity contribution >= 4 is 29.9 Å². The fourth-order valence-electron chi connectivity index (χ4n) is 5.25. The van der Waals surface area contributed by atoms with Crippen LogP contribution in [0.3, 0.4) is 0 Å². The largest absolute Gasteiger partial charge is 0.356 e. The normalized spacial score (nSPS) is 23.9. The number of hydrogen-bond acceptors (Lipinski definition) is 3. The first-order valence-electron chi connectivity index (χ1n) is 12.7. The molecule has 0 aromatic heterocycles. The molecule has 34 heavy (non-hydrogen) atoms. The molecular formula is C28H42IN5. The van der Waals surface area contributed by atoms with E-state index < -0.39 is 0 Å². The van der Waals surface area contributed by atoms with Crippen molar-refractivity contribution in [2.75, 3.05) is 39.8 Å². The Bertz CT molecular complexity index is 860. The molecule has 3 unspecified atom stereocenters. The Morgan fingerprint density at radius 2 is 1.68 bits per heavy atom. The number of rotatable bonds is 8. The van der Waals surface area contributed by atoms with Crippen molar-refractivity contribution < 1.29 is 0 Å². The lowest BCUT2D eigenvalue weighted by molar-refractivity contribution is 0.134. The molecule has 0 amide bonds. The van der Waals surface area contributed by atoms with Gasteiger partial charge in [0.25, 0.3) is 0 Å². The van der Waals surface area contributed by atoms with E-state index in [-0.39, 0.29) is 24.0 Å². The molecule has 2 aromatic rings. The lowest BCUT2D eigenvalue weighted by Crippen LogP contribution is -2.51. The van der Waals surface area contributed by atoms with Crippen LogP contribution in [0.25, 0.3) is 0 Å². The standard InChI is InChI=1S/C28H41N5.HI/c1-23-19-27(15-18-33(23)22-25-11-7-4-8-12-25)31-28(29-2)30-20-26-14-17-32(21-26)16-13-24-9-5-3-6-10-24;/h3-12,23,26-27H,13-22H2,1-2H3,(H2,29,30,31);1H. The highest BCUT2D eigenvalue weighted by molar-refractivity contribution is 14.0. The van der Waals surface area contributed by atoms with Crippen molar-refractivity contribution in [1.82, 2.24) is 20.4 Å². The molecule has 4 rings (SSSR count). The lowest BCUT2D eigenvalue weighted by Gasteiger charge is -2.38. The molecule has 0 bridgehead atoms. The van der Waals surface area contributed by atoms with Crippen molar-refractivity contribution in [3.05, 3.63) is 71.8 Å². The van der Waals surface area contributed by atoms with Gasteiger partial charge in [-0.25, -0.2) is 0 Å². The van der Waals surface area contributed by atoms with E-state index in [1.165, 1.54) is 30.6 Å². The third kappa shape index (κ3) is 8.24. The van der Waals surface area contributed by atoms with Crippen LogP contribution >= 0.6 is 24.0 Å². The van der Waals surface area contributed by atoms with Gasteiger partial charge in [0.15, 0.2) is 5.96 Å². The van der Waals surface area contributed by atoms with Crippen LogP contribution in [0.2, 0.25) is 0 Å². The molecule has 0 aliphatic carbocycles. The summed E-state index contributed by atoms with van der Waals surface area (Å²) >= 11 is 0. The third-order valence-electron chi connectivity index (χ3n) is 7.29. The molecule has 0 spiro atoms. The van der Waals surface area contributed by atoms with Gasteiger partial charge in [0, 0.05) is 51.9 Å². The Morgan fingerprint density at radius 1 is 0.971 bits per heavy atom. The average Bonchev–Trinajstić information content (AvgIpc) is 3.31. The molecule has 186 valence electrons. The highest BCUT2D eigenvalue weighted by Gasteiger charge is 2.27. The van der Waals surface area contributed by atoms with Crippen molar-refractivity contribution in [2.24, 2.45) is 10.9 Å². The van der Waals surface area contributed by atoms with Gasteiger partial charge < -0.3 is 15.5 Å². The monoisotopic (exact) mass is 575 g/mol. The van der Waals surface area contributed by atoms with Gasteiger partial charge in [0.1, 0.15) is 0 Å². The van der Waals surface area contributed by atoms with Gasteiger partial charge >= 0.3 is 0 Å². The zero-order valence-corrected chi connectivity index (χ0v) is 23.2. The van der Waals surface area contributed by atoms with E-state index in [1.54, 1.807) is 0 Å². The molecule has 3 atom stereocenters. The lowest BCUT2D eigenvalue weighted by atomic mass is 9.97. The Hall–Kier alpha value is -1.64. The number of nitrogens with zero attached hydrogens (tertiary/aromatic N) is 3. The minimum Gasteiger partial charge on any atom is -0.356 e. The molecule has 2 aromatic carbocycles. The fourth-order valence-corrected chi connectivity index (χ4v) is 5.25. The van der Waals surface area contributed by atoms with Gasteiger partial charge in [-0.05, 0) is 56.2 Å². The van der Waals surface area contributed by atoms with Crippen molar-refractivity contribution in [3.63, 3.8) is 0 Å². The molecule has 0 saturated carbocycles. The molecule has 2 aliphatic heterocycles. The minimum atomic E-state index is 0. The van der Waals surface area contributed by atoms with Crippen LogP contribution in [-0.2, 0) is 13.0 Å². The molecule has 0 radical (unpaired) electrons. The van der Waals surface area contributed by atoms with E-state index in [0.29, 0.717) is 18.0 Å². The number of benzene rings is 2. The summed E-state index contributed by atoms with van der Waals surface area (Å²) < 4.78 is 0. The van der Waals surface area contributed by atoms with Gasteiger partial charge in [-0.2, -0.15) is 0 Å². The zero-order valence-electron chi connectivity index (χ0n) is 20.8. The summed E-state index contributed by atoms with van der Waals surface area (Å²) in [7, 11) is 1.89. The number of halogens is 1. The van der Waals surface area contributed by atoms with Crippen LogP contribution in [0.15, 0.2) is 65.7 Å². The average molecular weight is 576 g/mol. The molecular weight excluding hydrogens is 533 g/mol. The van der Waals surface area contributed by atoms with E-state index in [9.17, 15) is 0 Å². The fraction of sp³-hybridized carbons (Fsp3) is 0.536. The van der Waals surface area contributed by atoms with E-state index >= 15 is 0 Å². The zero-order chi connectivity index (χ0) is 22.9. The summed E-state index contributed by atoms with van der Waals surface area (Å²) in [6.45, 7) is 9.09. The first-order chi connectivity index (χ1) is 16.2. The second-order valence-electron chi connectivity index (χ2n) is 9.81. The maximum atomic E-state index is 4.52. The summed E-state index contributed by atoms with van der Waals surface area (Å²) in [5.74, 6) is 1.66. The number of piperidine rings is 1. The van der Waals surface area contributed by atoms with Crippen molar-refractivity contribution in [2.45, 2.75) is 51.2 Å². The van der Waals surface area contributed by atoms with E-state index in [0.717, 1.165) is 51.4 Å². The second-order valence-corrected chi connectivity index (χ2v) is 9.81. The Kier molecular flexibility index (Phi) is 11.1. The highest BCUT2D eigenvalue weighted by Crippen LogP contribution is 2.20. The molecule has 2 N–H and O–H groups in total. The van der Waals surface area contributed by atoms with Gasteiger partial charge in [-0.15, -0.1) is 24.0 Å². The molecule has 2 saturated heterocycles. The number of hydrogen-bond donors (Lipinski definition) is 2. The highest BCUT2D eigenvalue weighted by atomic mass is 127. The van der Waals surface area contributed by atoms with Crippen LogP contribution < -0.4 is 10.6 Å². The van der Waals surface area contributed by atoms with Gasteiger partial charge in [-0.1, -0.05) is 60.7 Å². The number of aliphatic imine (C=N–C) groups is 1. The maximum absolute atomic E-state index is 4.52. The Morgan fingerprint density at radius 3 is 2.35 bits per heavy atom. The van der Waals surface area contributed by atoms with Crippen LogP contribution in [0.4, 0.5) is 0 Å². The summed E-state index contributed by atoms with van der Waals surface area (Å²) in [4.78, 5) is 9.73. The summed E-state index contributed by atoms with van der Waals surface area (Å²) in [5, 5.41) is 7.32. The van der Waals surface area contributed by atoms with Crippen LogP contribution in [0, 0.1) is 5.92 Å². The molecule has 5 nitrogen and oxygen atoms in total. The molecule has 2 heterocycles. The smallest absolute Gasteiger partial charge is 0.191 e. The van der Waals surface area contributed by atoms with Crippen molar-refractivity contribution in [1.29, 1.82) is 0 Å². The summed E-state index contributed by atoms with van der Waals surface area (Å²) in [6, 6.07) is 22.7. The molecule has 2 fully saturated rings. The number of likely N-dealkylation sites (tertiary alicyclic amines) is 2. The van der Waals surface area contributed by atoms with Crippen molar-refractivity contribution in [3.8, 4) is 0 Å². The minimum absolute atomic E-state index is 0. The van der Waals surface area contributed by atoms with Gasteiger partial charge in [0.2, 0.25) is 0 Å². The predicted octanol–water partition coefficient (Wildman–Crippen LogP) is 4.39. The van der Waals surface area contributed by atoms with E-state index in [4.69, 9.17) is 0 Å². The quantitative estimate of drug-likeness (QED) is 0.279. The predicted molar refractivity (Wildman–Crippen MR) is 154 cm³/mol. The van der Waals surface area contributed by atoms with Crippen LogP contribution in [-0.4, -0.2) is 67.6 Å². The topological polar surface area (TPSA) is 42.9 Å². The number of guanidine groups is 1. The Labute approximate surface area is 223 Å². The molecule has 2 aliphatic rings. The van der Waals surface area contributed by atoms with Crippen LogP contribution in [0.1, 0.15) is 37.3 Å². The second kappa shape index (κ2) is 14.0.